The van der Waals surface area contributed by atoms with Crippen molar-refractivity contribution in [2.24, 2.45) is 0 Å². The summed E-state index contributed by atoms with van der Waals surface area (Å²) in [5, 5.41) is 4.06. The van der Waals surface area contributed by atoms with E-state index in [-0.39, 0.29) is 11.7 Å². The maximum atomic E-state index is 13.3. The molecule has 24 heavy (non-hydrogen) atoms. The molecule has 0 saturated heterocycles. The van der Waals surface area contributed by atoms with E-state index in [0.717, 1.165) is 11.1 Å². The summed E-state index contributed by atoms with van der Waals surface area (Å²) in [6.07, 6.45) is 0. The van der Waals surface area contributed by atoms with Crippen molar-refractivity contribution in [2.45, 2.75) is 20.8 Å². The Morgan fingerprint density at radius 3 is 2.58 bits per heavy atom. The fourth-order valence-electron chi connectivity index (χ4n) is 2.72. The second-order valence-corrected chi connectivity index (χ2v) is 6.26. The van der Waals surface area contributed by atoms with Crippen LogP contribution < -0.4 is 5.32 Å². The van der Waals surface area contributed by atoms with Crippen molar-refractivity contribution in [1.29, 1.82) is 0 Å². The molecule has 0 atom stereocenters. The van der Waals surface area contributed by atoms with Crippen molar-refractivity contribution in [3.63, 3.8) is 0 Å². The number of fused-ring (bicyclic) bond motifs is 1. The number of benzene rings is 2. The minimum Gasteiger partial charge on any atom is -0.320 e. The first-order chi connectivity index (χ1) is 11.3. The molecule has 0 aliphatic rings. The van der Waals surface area contributed by atoms with Crippen LogP contribution in [-0.2, 0) is 0 Å². The molecule has 0 bridgehead atoms. The number of anilines is 1. The van der Waals surface area contributed by atoms with Crippen molar-refractivity contribution in [3.05, 3.63) is 69.6 Å². The van der Waals surface area contributed by atoms with E-state index in [1.165, 1.54) is 12.1 Å². The molecule has 0 fully saturated rings. The van der Waals surface area contributed by atoms with Crippen LogP contribution >= 0.6 is 11.6 Å². The summed E-state index contributed by atoms with van der Waals surface area (Å²) in [5.74, 6) is -0.645. The third-order valence-electron chi connectivity index (χ3n) is 3.89. The van der Waals surface area contributed by atoms with Gasteiger partial charge in [-0.2, -0.15) is 0 Å². The number of halogens is 2. The van der Waals surface area contributed by atoms with Gasteiger partial charge in [-0.15, -0.1) is 0 Å². The Labute approximate surface area is 144 Å². The van der Waals surface area contributed by atoms with Gasteiger partial charge in [0.1, 0.15) is 5.82 Å². The number of rotatable bonds is 2. The third kappa shape index (κ3) is 3.10. The van der Waals surface area contributed by atoms with Crippen LogP contribution in [0.5, 0.6) is 0 Å². The Bertz CT molecular complexity index is 946. The fraction of sp³-hybridized carbons (Fsp3) is 0.158. The van der Waals surface area contributed by atoms with E-state index in [2.05, 4.69) is 10.3 Å². The molecule has 3 aromatic rings. The Hall–Kier alpha value is -2.46. The number of carbonyl (C=O) groups is 1. The van der Waals surface area contributed by atoms with Gasteiger partial charge in [0.25, 0.3) is 5.91 Å². The molecule has 0 unspecified atom stereocenters. The van der Waals surface area contributed by atoms with Crippen LogP contribution in [0.4, 0.5) is 10.1 Å². The lowest BCUT2D eigenvalue weighted by molar-refractivity contribution is 0.102. The van der Waals surface area contributed by atoms with Gasteiger partial charge in [0, 0.05) is 11.5 Å². The largest absolute Gasteiger partial charge is 0.320 e. The number of nitrogens with one attached hydrogen (secondary N) is 1. The highest BCUT2D eigenvalue weighted by Gasteiger charge is 2.15. The number of pyridine rings is 1. The van der Waals surface area contributed by atoms with Gasteiger partial charge in [-0.3, -0.25) is 9.78 Å². The van der Waals surface area contributed by atoms with Gasteiger partial charge >= 0.3 is 0 Å². The number of nitrogens with zero attached hydrogens (tertiary/aromatic N) is 1. The van der Waals surface area contributed by atoms with Crippen molar-refractivity contribution >= 4 is 34.1 Å². The van der Waals surface area contributed by atoms with Crippen LogP contribution in [0.1, 0.15) is 27.2 Å². The van der Waals surface area contributed by atoms with E-state index in [1.54, 1.807) is 25.1 Å². The molecule has 1 aromatic heterocycles. The maximum Gasteiger partial charge on any atom is 0.257 e. The Kier molecular flexibility index (Phi) is 4.24. The SMILES string of the molecule is Cc1cc(C)c(NC(=O)c2cc3ccc(F)cc3nc2C)c(Cl)c1. The van der Waals surface area contributed by atoms with Crippen LogP contribution in [-0.4, -0.2) is 10.9 Å². The second-order valence-electron chi connectivity index (χ2n) is 5.85. The van der Waals surface area contributed by atoms with Gasteiger partial charge < -0.3 is 5.32 Å². The average Bonchev–Trinajstić information content (AvgIpc) is 2.49. The van der Waals surface area contributed by atoms with Gasteiger partial charge in [0.05, 0.1) is 27.5 Å². The summed E-state index contributed by atoms with van der Waals surface area (Å²) >= 11 is 6.25. The molecule has 2 aromatic carbocycles. The highest BCUT2D eigenvalue weighted by atomic mass is 35.5. The van der Waals surface area contributed by atoms with Crippen LogP contribution in [0.2, 0.25) is 5.02 Å². The number of amides is 1. The van der Waals surface area contributed by atoms with Crippen molar-refractivity contribution in [3.8, 4) is 0 Å². The molecule has 0 aliphatic heterocycles. The van der Waals surface area contributed by atoms with Crippen LogP contribution in [0, 0.1) is 26.6 Å². The highest BCUT2D eigenvalue weighted by molar-refractivity contribution is 6.34. The smallest absolute Gasteiger partial charge is 0.257 e. The van der Waals surface area contributed by atoms with Gasteiger partial charge in [-0.25, -0.2) is 4.39 Å². The van der Waals surface area contributed by atoms with E-state index in [4.69, 9.17) is 11.6 Å². The van der Waals surface area contributed by atoms with Crippen molar-refractivity contribution < 1.29 is 9.18 Å². The molecule has 1 amide bonds. The molecule has 0 aliphatic carbocycles. The third-order valence-corrected chi connectivity index (χ3v) is 4.18. The minimum atomic E-state index is -0.353. The zero-order valence-electron chi connectivity index (χ0n) is 13.6. The predicted octanol–water partition coefficient (Wildman–Crippen LogP) is 5.20. The van der Waals surface area contributed by atoms with Crippen molar-refractivity contribution in [1.82, 2.24) is 4.98 Å². The number of aromatic nitrogens is 1. The van der Waals surface area contributed by atoms with E-state index in [1.807, 2.05) is 19.9 Å². The molecular weight excluding hydrogens is 327 g/mol. The van der Waals surface area contributed by atoms with Crippen LogP contribution in [0.25, 0.3) is 10.9 Å². The molecule has 0 saturated carbocycles. The second kappa shape index (κ2) is 6.21. The van der Waals surface area contributed by atoms with Gasteiger partial charge in [0.2, 0.25) is 0 Å². The minimum absolute atomic E-state index is 0.292. The summed E-state index contributed by atoms with van der Waals surface area (Å²) in [6.45, 7) is 5.56. The summed E-state index contributed by atoms with van der Waals surface area (Å²) < 4.78 is 13.3. The first-order valence-corrected chi connectivity index (χ1v) is 7.88. The molecule has 0 radical (unpaired) electrons. The predicted molar refractivity (Wildman–Crippen MR) is 95.3 cm³/mol. The molecule has 3 nitrogen and oxygen atoms in total. The lowest BCUT2D eigenvalue weighted by Crippen LogP contribution is -2.15. The van der Waals surface area contributed by atoms with Gasteiger partial charge in [-0.05, 0) is 56.2 Å². The molecular formula is C19H16ClFN2O. The molecule has 0 spiro atoms. The number of hydrogen-bond donors (Lipinski definition) is 1. The maximum absolute atomic E-state index is 13.3. The molecule has 122 valence electrons. The summed E-state index contributed by atoms with van der Waals surface area (Å²) in [6, 6.07) is 9.78. The summed E-state index contributed by atoms with van der Waals surface area (Å²) in [5.41, 5.74) is 4.00. The topological polar surface area (TPSA) is 42.0 Å². The first kappa shape index (κ1) is 16.4. The highest BCUT2D eigenvalue weighted by Crippen LogP contribution is 2.28. The van der Waals surface area contributed by atoms with Crippen LogP contribution in [0.3, 0.4) is 0 Å². The molecule has 1 N–H and O–H groups in total. The number of carbonyl (C=O) groups excluding carboxylic acids is 1. The zero-order chi connectivity index (χ0) is 17.4. The number of aryl methyl sites for hydroxylation is 3. The Morgan fingerprint density at radius 1 is 1.12 bits per heavy atom. The van der Waals surface area contributed by atoms with E-state index in [0.29, 0.717) is 32.9 Å². The lowest BCUT2D eigenvalue weighted by Gasteiger charge is -2.13. The van der Waals surface area contributed by atoms with Crippen molar-refractivity contribution in [2.75, 3.05) is 5.32 Å². The lowest BCUT2D eigenvalue weighted by atomic mass is 10.1. The van der Waals surface area contributed by atoms with Gasteiger partial charge in [0.15, 0.2) is 0 Å². The Morgan fingerprint density at radius 2 is 1.88 bits per heavy atom. The fourth-order valence-corrected chi connectivity index (χ4v) is 3.09. The van der Waals surface area contributed by atoms with E-state index < -0.39 is 0 Å². The molecule has 1 heterocycles. The van der Waals surface area contributed by atoms with Crippen LogP contribution in [0.15, 0.2) is 36.4 Å². The zero-order valence-corrected chi connectivity index (χ0v) is 14.3. The molecule has 3 rings (SSSR count). The monoisotopic (exact) mass is 342 g/mol. The quantitative estimate of drug-likeness (QED) is 0.695. The van der Waals surface area contributed by atoms with E-state index in [9.17, 15) is 9.18 Å². The normalized spacial score (nSPS) is 10.9. The number of hydrogen-bond acceptors (Lipinski definition) is 2. The summed E-state index contributed by atoms with van der Waals surface area (Å²) in [7, 11) is 0. The molecule has 5 heteroatoms. The van der Waals surface area contributed by atoms with Gasteiger partial charge in [-0.1, -0.05) is 17.7 Å². The van der Waals surface area contributed by atoms with E-state index >= 15 is 0 Å². The summed E-state index contributed by atoms with van der Waals surface area (Å²) in [4.78, 5) is 17.0. The Balaban J connectivity index is 2.00. The first-order valence-electron chi connectivity index (χ1n) is 7.50. The average molecular weight is 343 g/mol. The standard InChI is InChI=1S/C19H16ClFN2O/c1-10-6-11(2)18(16(20)7-10)23-19(24)15-8-13-4-5-14(21)9-17(13)22-12(15)3/h4-9H,1-3H3,(H,23,24).